The smallest absolute Gasteiger partial charge is 0.261 e. The number of thiocarbonyl (C=S) groups is 1. The molecule has 1 aromatic carbocycles. The summed E-state index contributed by atoms with van der Waals surface area (Å²) in [5.74, 6) is 0.566. The molecule has 0 bridgehead atoms. The third kappa shape index (κ3) is 5.55. The zero-order chi connectivity index (χ0) is 16.5. The van der Waals surface area contributed by atoms with Gasteiger partial charge in [-0.05, 0) is 48.6 Å². The fraction of sp³-hybridized carbons (Fsp3) is 0.188. The van der Waals surface area contributed by atoms with Crippen LogP contribution in [0.1, 0.15) is 10.4 Å². The summed E-state index contributed by atoms with van der Waals surface area (Å²) in [6.07, 6.45) is 3.12. The minimum Gasteiger partial charge on any atom is -0.497 e. The number of anilines is 1. The molecule has 6 nitrogen and oxygen atoms in total. The molecule has 0 saturated carbocycles. The van der Waals surface area contributed by atoms with Crippen molar-refractivity contribution in [2.24, 2.45) is 0 Å². The van der Waals surface area contributed by atoms with Crippen LogP contribution in [-0.2, 0) is 4.74 Å². The van der Waals surface area contributed by atoms with Gasteiger partial charge in [0.1, 0.15) is 12.4 Å². The van der Waals surface area contributed by atoms with Gasteiger partial charge in [0.15, 0.2) is 0 Å². The van der Waals surface area contributed by atoms with Crippen molar-refractivity contribution in [2.75, 3.05) is 25.6 Å². The summed E-state index contributed by atoms with van der Waals surface area (Å²) in [7, 11) is 1.61. The SMILES string of the molecule is COc1ccc(NC(=S)OCCNC(=O)c2cccnc2)cc1. The van der Waals surface area contributed by atoms with Crippen molar-refractivity contribution in [1.29, 1.82) is 0 Å². The molecule has 0 atom stereocenters. The molecule has 0 aliphatic carbocycles. The fourth-order valence-corrected chi connectivity index (χ4v) is 1.94. The Balaban J connectivity index is 1.67. The van der Waals surface area contributed by atoms with Crippen LogP contribution in [-0.4, -0.2) is 36.3 Å². The van der Waals surface area contributed by atoms with E-state index in [0.717, 1.165) is 11.4 Å². The third-order valence-electron chi connectivity index (χ3n) is 2.88. The second-order valence-electron chi connectivity index (χ2n) is 4.49. The number of rotatable bonds is 6. The molecule has 0 aliphatic heterocycles. The van der Waals surface area contributed by atoms with E-state index >= 15 is 0 Å². The summed E-state index contributed by atoms with van der Waals surface area (Å²) in [5.41, 5.74) is 1.31. The number of ether oxygens (including phenoxy) is 2. The number of carbonyl (C=O) groups is 1. The Bertz CT molecular complexity index is 647. The summed E-state index contributed by atoms with van der Waals surface area (Å²) < 4.78 is 10.4. The molecule has 7 heteroatoms. The van der Waals surface area contributed by atoms with Crippen LogP contribution in [0.25, 0.3) is 0 Å². The molecule has 0 radical (unpaired) electrons. The van der Waals surface area contributed by atoms with Crippen LogP contribution in [0.4, 0.5) is 5.69 Å². The average molecular weight is 331 g/mol. The molecule has 2 rings (SSSR count). The van der Waals surface area contributed by atoms with Crippen LogP contribution in [0.15, 0.2) is 48.8 Å². The third-order valence-corrected chi connectivity index (χ3v) is 3.10. The number of hydrogen-bond donors (Lipinski definition) is 2. The highest BCUT2D eigenvalue weighted by Crippen LogP contribution is 2.15. The number of pyridine rings is 1. The maximum atomic E-state index is 11.8. The van der Waals surface area contributed by atoms with E-state index in [1.807, 2.05) is 24.3 Å². The summed E-state index contributed by atoms with van der Waals surface area (Å²) in [6, 6.07) is 10.7. The van der Waals surface area contributed by atoms with Crippen molar-refractivity contribution in [3.05, 3.63) is 54.4 Å². The molecule has 23 heavy (non-hydrogen) atoms. The summed E-state index contributed by atoms with van der Waals surface area (Å²) in [6.45, 7) is 0.617. The van der Waals surface area contributed by atoms with Gasteiger partial charge in [0.05, 0.1) is 19.2 Å². The molecule has 0 saturated heterocycles. The quantitative estimate of drug-likeness (QED) is 0.625. The minimum absolute atomic E-state index is 0.198. The normalized spacial score (nSPS) is 9.78. The first-order valence-electron chi connectivity index (χ1n) is 6.95. The number of amides is 1. The van der Waals surface area contributed by atoms with Crippen molar-refractivity contribution in [3.63, 3.8) is 0 Å². The van der Waals surface area contributed by atoms with Crippen LogP contribution >= 0.6 is 12.2 Å². The Morgan fingerprint density at radius 1 is 1.26 bits per heavy atom. The first-order chi connectivity index (χ1) is 11.2. The van der Waals surface area contributed by atoms with E-state index in [1.165, 1.54) is 6.20 Å². The summed E-state index contributed by atoms with van der Waals surface area (Å²) in [5, 5.41) is 5.91. The lowest BCUT2D eigenvalue weighted by Gasteiger charge is -2.11. The molecule has 0 spiro atoms. The van der Waals surface area contributed by atoms with Gasteiger partial charge in [-0.15, -0.1) is 0 Å². The Morgan fingerprint density at radius 3 is 2.70 bits per heavy atom. The molecular formula is C16H17N3O3S. The molecule has 2 N–H and O–H groups in total. The van der Waals surface area contributed by atoms with E-state index < -0.39 is 0 Å². The Labute approximate surface area is 139 Å². The van der Waals surface area contributed by atoms with Crippen molar-refractivity contribution in [2.45, 2.75) is 0 Å². The summed E-state index contributed by atoms with van der Waals surface area (Å²) in [4.78, 5) is 15.7. The number of methoxy groups -OCH3 is 1. The van der Waals surface area contributed by atoms with Gasteiger partial charge in [0.25, 0.3) is 11.1 Å². The Morgan fingerprint density at radius 2 is 2.04 bits per heavy atom. The Kier molecular flexibility index (Phi) is 6.31. The molecule has 1 aromatic heterocycles. The van der Waals surface area contributed by atoms with E-state index in [9.17, 15) is 4.79 Å². The van der Waals surface area contributed by atoms with Gasteiger partial charge >= 0.3 is 0 Å². The van der Waals surface area contributed by atoms with Crippen LogP contribution < -0.4 is 15.4 Å². The number of benzene rings is 1. The molecule has 0 aliphatic rings. The van der Waals surface area contributed by atoms with Crippen LogP contribution in [0, 0.1) is 0 Å². The monoisotopic (exact) mass is 331 g/mol. The van der Waals surface area contributed by atoms with Crippen LogP contribution in [0.3, 0.4) is 0 Å². The maximum absolute atomic E-state index is 11.8. The van der Waals surface area contributed by atoms with Gasteiger partial charge in [-0.3, -0.25) is 9.78 Å². The maximum Gasteiger partial charge on any atom is 0.261 e. The van der Waals surface area contributed by atoms with Crippen LogP contribution in [0.5, 0.6) is 5.75 Å². The number of aromatic nitrogens is 1. The Hall–Kier alpha value is -2.67. The predicted molar refractivity (Wildman–Crippen MR) is 91.7 cm³/mol. The molecular weight excluding hydrogens is 314 g/mol. The molecule has 120 valence electrons. The standard InChI is InChI=1S/C16H17N3O3S/c1-21-14-6-4-13(5-7-14)19-16(23)22-10-9-18-15(20)12-3-2-8-17-11-12/h2-8,11H,9-10H2,1H3,(H,18,20)(H,19,23). The lowest BCUT2D eigenvalue weighted by Crippen LogP contribution is -2.28. The fourth-order valence-electron chi connectivity index (χ4n) is 1.74. The number of nitrogens with one attached hydrogen (secondary N) is 2. The van der Waals surface area contributed by atoms with E-state index in [-0.39, 0.29) is 17.7 Å². The van der Waals surface area contributed by atoms with Gasteiger partial charge < -0.3 is 20.1 Å². The summed E-state index contributed by atoms with van der Waals surface area (Å²) >= 11 is 5.08. The lowest BCUT2D eigenvalue weighted by molar-refractivity contribution is 0.0946. The van der Waals surface area contributed by atoms with Crippen molar-refractivity contribution < 1.29 is 14.3 Å². The van der Waals surface area contributed by atoms with Gasteiger partial charge in [-0.25, -0.2) is 0 Å². The zero-order valence-corrected chi connectivity index (χ0v) is 13.4. The molecule has 1 heterocycles. The first-order valence-corrected chi connectivity index (χ1v) is 7.36. The van der Waals surface area contributed by atoms with Gasteiger partial charge in [0.2, 0.25) is 0 Å². The van der Waals surface area contributed by atoms with E-state index in [2.05, 4.69) is 15.6 Å². The largest absolute Gasteiger partial charge is 0.497 e. The van der Waals surface area contributed by atoms with E-state index in [4.69, 9.17) is 21.7 Å². The second kappa shape index (κ2) is 8.70. The second-order valence-corrected chi connectivity index (χ2v) is 4.86. The van der Waals surface area contributed by atoms with Crippen LogP contribution in [0.2, 0.25) is 0 Å². The van der Waals surface area contributed by atoms with Gasteiger partial charge in [-0.2, -0.15) is 0 Å². The predicted octanol–water partition coefficient (Wildman–Crippen LogP) is 2.23. The van der Waals surface area contributed by atoms with E-state index in [1.54, 1.807) is 25.4 Å². The number of carbonyl (C=O) groups excluding carboxylic acids is 1. The number of hydrogen-bond acceptors (Lipinski definition) is 5. The van der Waals surface area contributed by atoms with Gasteiger partial charge in [0, 0.05) is 18.1 Å². The van der Waals surface area contributed by atoms with Crippen molar-refractivity contribution in [1.82, 2.24) is 10.3 Å². The molecule has 1 amide bonds. The van der Waals surface area contributed by atoms with Crippen molar-refractivity contribution >= 4 is 29.0 Å². The highest BCUT2D eigenvalue weighted by Gasteiger charge is 2.04. The van der Waals surface area contributed by atoms with Gasteiger partial charge in [-0.1, -0.05) is 0 Å². The van der Waals surface area contributed by atoms with Crippen molar-refractivity contribution in [3.8, 4) is 5.75 Å². The molecule has 0 fully saturated rings. The topological polar surface area (TPSA) is 72.5 Å². The lowest BCUT2D eigenvalue weighted by atomic mass is 10.3. The minimum atomic E-state index is -0.198. The number of nitrogens with zero attached hydrogens (tertiary/aromatic N) is 1. The average Bonchev–Trinajstić information content (AvgIpc) is 2.60. The highest BCUT2D eigenvalue weighted by atomic mass is 32.1. The molecule has 2 aromatic rings. The highest BCUT2D eigenvalue weighted by molar-refractivity contribution is 7.80. The zero-order valence-electron chi connectivity index (χ0n) is 12.6. The first kappa shape index (κ1) is 16.7. The van der Waals surface area contributed by atoms with E-state index in [0.29, 0.717) is 12.1 Å². The molecule has 0 unspecified atom stereocenters.